The van der Waals surface area contributed by atoms with Gasteiger partial charge >= 0.3 is 17.8 Å². The molecule has 1 unspecified atom stereocenters. The lowest BCUT2D eigenvalue weighted by Crippen LogP contribution is -2.48. The number of sulfone groups is 1. The van der Waals surface area contributed by atoms with Crippen molar-refractivity contribution in [2.24, 2.45) is 0 Å². The van der Waals surface area contributed by atoms with E-state index in [4.69, 9.17) is 9.47 Å². The highest BCUT2D eigenvalue weighted by Crippen LogP contribution is 2.20. The summed E-state index contributed by atoms with van der Waals surface area (Å²) in [6.07, 6.45) is 0.268. The molecule has 9 nitrogen and oxygen atoms in total. The first kappa shape index (κ1) is 21.8. The summed E-state index contributed by atoms with van der Waals surface area (Å²) in [6.45, 7) is 2.07. The first-order valence-electron chi connectivity index (χ1n) is 8.86. The van der Waals surface area contributed by atoms with Crippen LogP contribution in [0.4, 0.5) is 5.69 Å². The molecule has 10 heteroatoms. The molecule has 1 aliphatic heterocycles. The Morgan fingerprint density at radius 3 is 2.57 bits per heavy atom. The van der Waals surface area contributed by atoms with Crippen LogP contribution < -0.4 is 5.32 Å². The summed E-state index contributed by atoms with van der Waals surface area (Å²) in [5.74, 6) is -2.67. The fraction of sp³-hybridized carbons (Fsp3) is 0.500. The number of methoxy groups -OCH3 is 1. The van der Waals surface area contributed by atoms with Crippen molar-refractivity contribution in [2.75, 3.05) is 43.7 Å². The van der Waals surface area contributed by atoms with Gasteiger partial charge in [-0.25, -0.2) is 13.2 Å². The Hall–Kier alpha value is -2.46. The number of carbonyl (C=O) groups excluding carboxylic acids is 3. The zero-order valence-electron chi connectivity index (χ0n) is 15.8. The number of carbonyl (C=O) groups is 3. The standard InChI is InChI=1S/C18H24N2O7S/c1-3-27-18(23)14-6-4-5-7-15(14)19-16(21)17(22)20(9-10-26-2)13-8-11-28(24,25)12-13/h4-7,13H,3,8-12H2,1-2H3,(H,19,21). The van der Waals surface area contributed by atoms with Gasteiger partial charge in [0.25, 0.3) is 0 Å². The molecule has 0 saturated carbocycles. The molecule has 0 bridgehead atoms. The summed E-state index contributed by atoms with van der Waals surface area (Å²) in [4.78, 5) is 38.5. The summed E-state index contributed by atoms with van der Waals surface area (Å²) in [6, 6.07) is 5.59. The van der Waals surface area contributed by atoms with E-state index in [9.17, 15) is 22.8 Å². The minimum Gasteiger partial charge on any atom is -0.462 e. The van der Waals surface area contributed by atoms with Gasteiger partial charge in [-0.3, -0.25) is 9.59 Å². The van der Waals surface area contributed by atoms with Crippen molar-refractivity contribution >= 4 is 33.3 Å². The number of hydrogen-bond donors (Lipinski definition) is 1. The number of anilines is 1. The number of benzene rings is 1. The number of nitrogens with zero attached hydrogens (tertiary/aromatic N) is 1. The number of hydrogen-bond acceptors (Lipinski definition) is 7. The molecule has 0 spiro atoms. The van der Waals surface area contributed by atoms with Crippen molar-refractivity contribution < 1.29 is 32.3 Å². The molecule has 0 aliphatic carbocycles. The molecule has 1 aromatic carbocycles. The van der Waals surface area contributed by atoms with Crippen LogP contribution in [0.15, 0.2) is 24.3 Å². The fourth-order valence-corrected chi connectivity index (χ4v) is 4.68. The van der Waals surface area contributed by atoms with Crippen LogP contribution in [0.3, 0.4) is 0 Å². The maximum absolute atomic E-state index is 12.7. The van der Waals surface area contributed by atoms with Crippen molar-refractivity contribution in [2.45, 2.75) is 19.4 Å². The second kappa shape index (κ2) is 9.65. The lowest BCUT2D eigenvalue weighted by atomic mass is 10.1. The van der Waals surface area contributed by atoms with Gasteiger partial charge in [0, 0.05) is 19.7 Å². The topological polar surface area (TPSA) is 119 Å². The molecule has 1 aliphatic rings. The van der Waals surface area contributed by atoms with Crippen molar-refractivity contribution in [1.29, 1.82) is 0 Å². The zero-order chi connectivity index (χ0) is 20.7. The predicted molar refractivity (Wildman–Crippen MR) is 102 cm³/mol. The number of para-hydroxylation sites is 1. The van der Waals surface area contributed by atoms with E-state index in [1.54, 1.807) is 19.1 Å². The molecule has 154 valence electrons. The molecule has 1 fully saturated rings. The molecule has 0 aromatic heterocycles. The van der Waals surface area contributed by atoms with Gasteiger partial charge in [0.1, 0.15) is 0 Å². The second-order valence-corrected chi connectivity index (χ2v) is 8.50. The van der Waals surface area contributed by atoms with E-state index in [0.29, 0.717) is 0 Å². The minimum atomic E-state index is -3.24. The van der Waals surface area contributed by atoms with Gasteiger partial charge in [-0.05, 0) is 25.5 Å². The van der Waals surface area contributed by atoms with Gasteiger partial charge in [-0.2, -0.15) is 0 Å². The lowest BCUT2D eigenvalue weighted by Gasteiger charge is -2.27. The van der Waals surface area contributed by atoms with Crippen LogP contribution >= 0.6 is 0 Å². The largest absolute Gasteiger partial charge is 0.462 e. The molecule has 1 atom stereocenters. The molecule has 1 aromatic rings. The number of amides is 2. The average molecular weight is 412 g/mol. The lowest BCUT2D eigenvalue weighted by molar-refractivity contribution is -0.144. The van der Waals surface area contributed by atoms with Crippen LogP contribution in [-0.2, 0) is 28.9 Å². The molecule has 1 saturated heterocycles. The van der Waals surface area contributed by atoms with E-state index in [-0.39, 0.29) is 48.9 Å². The molecule has 1 N–H and O–H groups in total. The van der Waals surface area contributed by atoms with Crippen LogP contribution in [0.5, 0.6) is 0 Å². The van der Waals surface area contributed by atoms with Crippen molar-refractivity contribution in [3.8, 4) is 0 Å². The van der Waals surface area contributed by atoms with Crippen molar-refractivity contribution in [1.82, 2.24) is 4.90 Å². The van der Waals surface area contributed by atoms with Gasteiger partial charge < -0.3 is 19.7 Å². The SMILES string of the molecule is CCOC(=O)c1ccccc1NC(=O)C(=O)N(CCOC)C1CCS(=O)(=O)C1. The van der Waals surface area contributed by atoms with Crippen LogP contribution in [0.1, 0.15) is 23.7 Å². The summed E-state index contributed by atoms with van der Waals surface area (Å²) in [7, 11) is -1.79. The molecule has 28 heavy (non-hydrogen) atoms. The van der Waals surface area contributed by atoms with E-state index < -0.39 is 33.7 Å². The Labute approximate surface area is 163 Å². The van der Waals surface area contributed by atoms with E-state index in [2.05, 4.69) is 5.32 Å². The number of rotatable bonds is 7. The highest BCUT2D eigenvalue weighted by atomic mass is 32.2. The highest BCUT2D eigenvalue weighted by molar-refractivity contribution is 7.91. The maximum Gasteiger partial charge on any atom is 0.340 e. The third kappa shape index (κ3) is 5.52. The van der Waals surface area contributed by atoms with E-state index in [0.717, 1.165) is 0 Å². The van der Waals surface area contributed by atoms with Gasteiger partial charge in [0.2, 0.25) is 0 Å². The first-order valence-corrected chi connectivity index (χ1v) is 10.7. The average Bonchev–Trinajstić information content (AvgIpc) is 3.02. The number of ether oxygens (including phenoxy) is 2. The smallest absolute Gasteiger partial charge is 0.340 e. The number of esters is 1. The van der Waals surface area contributed by atoms with Gasteiger partial charge in [-0.15, -0.1) is 0 Å². The van der Waals surface area contributed by atoms with Gasteiger partial charge in [-0.1, -0.05) is 12.1 Å². The van der Waals surface area contributed by atoms with E-state index in [1.807, 2.05) is 0 Å². The minimum absolute atomic E-state index is 0.0261. The normalized spacial score (nSPS) is 17.7. The highest BCUT2D eigenvalue weighted by Gasteiger charge is 2.36. The fourth-order valence-electron chi connectivity index (χ4n) is 2.95. The molecular formula is C18H24N2O7S. The van der Waals surface area contributed by atoms with Crippen LogP contribution in [0.25, 0.3) is 0 Å². The zero-order valence-corrected chi connectivity index (χ0v) is 16.7. The predicted octanol–water partition coefficient (Wildman–Crippen LogP) is 0.464. The van der Waals surface area contributed by atoms with Crippen molar-refractivity contribution in [3.05, 3.63) is 29.8 Å². The Morgan fingerprint density at radius 1 is 1.25 bits per heavy atom. The summed E-state index contributed by atoms with van der Waals surface area (Å²) in [5.41, 5.74) is 0.266. The molecule has 0 radical (unpaired) electrons. The van der Waals surface area contributed by atoms with Crippen LogP contribution in [0.2, 0.25) is 0 Å². The third-order valence-electron chi connectivity index (χ3n) is 4.31. The maximum atomic E-state index is 12.7. The molecular weight excluding hydrogens is 388 g/mol. The Bertz CT molecular complexity index is 838. The summed E-state index contributed by atoms with van der Waals surface area (Å²) >= 11 is 0. The summed E-state index contributed by atoms with van der Waals surface area (Å²) in [5, 5.41) is 2.43. The van der Waals surface area contributed by atoms with Crippen molar-refractivity contribution in [3.63, 3.8) is 0 Å². The monoisotopic (exact) mass is 412 g/mol. The van der Waals surface area contributed by atoms with E-state index >= 15 is 0 Å². The van der Waals surface area contributed by atoms with E-state index in [1.165, 1.54) is 24.1 Å². The Kier molecular flexibility index (Phi) is 7.53. The molecule has 1 heterocycles. The number of nitrogens with one attached hydrogen (secondary N) is 1. The van der Waals surface area contributed by atoms with Crippen LogP contribution in [0, 0.1) is 0 Å². The Balaban J connectivity index is 2.17. The molecule has 2 amide bonds. The second-order valence-electron chi connectivity index (χ2n) is 6.27. The third-order valence-corrected chi connectivity index (χ3v) is 6.06. The van der Waals surface area contributed by atoms with Crippen LogP contribution in [-0.4, -0.2) is 75.5 Å². The first-order chi connectivity index (χ1) is 13.3. The quantitative estimate of drug-likeness (QED) is 0.510. The Morgan fingerprint density at radius 2 is 1.96 bits per heavy atom. The van der Waals surface area contributed by atoms with Gasteiger partial charge in [0.05, 0.1) is 36.0 Å². The summed E-state index contributed by atoms with van der Waals surface area (Å²) < 4.78 is 33.4. The van der Waals surface area contributed by atoms with Gasteiger partial charge in [0.15, 0.2) is 9.84 Å². The molecule has 2 rings (SSSR count).